The molecular weight excluding hydrogens is 691 g/mol. The predicted octanol–water partition coefficient (Wildman–Crippen LogP) is 15.5. The van der Waals surface area contributed by atoms with Crippen LogP contribution in [0.1, 0.15) is 25.0 Å². The van der Waals surface area contributed by atoms with E-state index in [-0.39, 0.29) is 5.41 Å². The van der Waals surface area contributed by atoms with E-state index in [0.29, 0.717) is 0 Å². The Morgan fingerprint density at radius 2 is 0.947 bits per heavy atom. The molecule has 11 rings (SSSR count). The first-order chi connectivity index (χ1) is 28.0. The van der Waals surface area contributed by atoms with E-state index in [2.05, 4.69) is 207 Å². The Balaban J connectivity index is 1.05. The van der Waals surface area contributed by atoms with Crippen molar-refractivity contribution >= 4 is 49.8 Å². The number of furan rings is 1. The van der Waals surface area contributed by atoms with E-state index in [9.17, 15) is 0 Å². The molecule has 2 nitrogen and oxygen atoms in total. The van der Waals surface area contributed by atoms with Gasteiger partial charge in [0.15, 0.2) is 0 Å². The molecule has 1 aliphatic rings. The first-order valence-electron chi connectivity index (χ1n) is 19.8. The van der Waals surface area contributed by atoms with Crippen LogP contribution < -0.4 is 4.90 Å². The number of hydrogen-bond acceptors (Lipinski definition) is 2. The molecule has 1 heterocycles. The van der Waals surface area contributed by atoms with Crippen LogP contribution >= 0.6 is 0 Å². The fourth-order valence-corrected chi connectivity index (χ4v) is 9.25. The van der Waals surface area contributed by atoms with Gasteiger partial charge in [-0.3, -0.25) is 0 Å². The lowest BCUT2D eigenvalue weighted by molar-refractivity contribution is 0.660. The number of benzene rings is 9. The van der Waals surface area contributed by atoms with Crippen LogP contribution in [0.2, 0.25) is 0 Å². The molecule has 0 spiro atoms. The molecule has 0 saturated heterocycles. The van der Waals surface area contributed by atoms with Gasteiger partial charge in [0.25, 0.3) is 0 Å². The largest absolute Gasteiger partial charge is 0.455 e. The zero-order valence-electron chi connectivity index (χ0n) is 31.9. The number of rotatable bonds is 6. The van der Waals surface area contributed by atoms with Gasteiger partial charge in [0.05, 0.1) is 0 Å². The van der Waals surface area contributed by atoms with Crippen molar-refractivity contribution in [1.82, 2.24) is 0 Å². The third-order valence-electron chi connectivity index (χ3n) is 12.1. The molecule has 0 N–H and O–H groups in total. The summed E-state index contributed by atoms with van der Waals surface area (Å²) in [7, 11) is 0. The Kier molecular flexibility index (Phi) is 7.55. The summed E-state index contributed by atoms with van der Waals surface area (Å²) >= 11 is 0. The molecular formula is C55H39NO. The van der Waals surface area contributed by atoms with Gasteiger partial charge in [0.1, 0.15) is 11.2 Å². The van der Waals surface area contributed by atoms with Crippen molar-refractivity contribution < 1.29 is 4.42 Å². The Morgan fingerprint density at radius 3 is 1.74 bits per heavy atom. The average Bonchev–Trinajstić information content (AvgIpc) is 3.76. The summed E-state index contributed by atoms with van der Waals surface area (Å²) < 4.78 is 6.44. The minimum Gasteiger partial charge on any atom is -0.455 e. The molecule has 2 heteroatoms. The van der Waals surface area contributed by atoms with Crippen molar-refractivity contribution in [3.8, 4) is 44.5 Å². The summed E-state index contributed by atoms with van der Waals surface area (Å²) in [6.45, 7) is 4.74. The van der Waals surface area contributed by atoms with Crippen molar-refractivity contribution in [2.75, 3.05) is 4.90 Å². The summed E-state index contributed by atoms with van der Waals surface area (Å²) in [5, 5.41) is 4.78. The smallest absolute Gasteiger partial charge is 0.143 e. The first kappa shape index (κ1) is 33.2. The van der Waals surface area contributed by atoms with E-state index in [0.717, 1.165) is 50.1 Å². The van der Waals surface area contributed by atoms with E-state index in [4.69, 9.17) is 4.42 Å². The van der Waals surface area contributed by atoms with Gasteiger partial charge >= 0.3 is 0 Å². The number of nitrogens with zero attached hydrogens (tertiary/aromatic N) is 1. The van der Waals surface area contributed by atoms with E-state index >= 15 is 0 Å². The van der Waals surface area contributed by atoms with Gasteiger partial charge in [-0.05, 0) is 103 Å². The van der Waals surface area contributed by atoms with Crippen LogP contribution in [0.3, 0.4) is 0 Å². The molecule has 1 aromatic heterocycles. The molecule has 0 fully saturated rings. The molecule has 10 aromatic rings. The third kappa shape index (κ3) is 5.33. The van der Waals surface area contributed by atoms with Crippen molar-refractivity contribution in [2.45, 2.75) is 19.3 Å². The van der Waals surface area contributed by atoms with E-state index < -0.39 is 0 Å². The third-order valence-corrected chi connectivity index (χ3v) is 12.1. The van der Waals surface area contributed by atoms with Crippen LogP contribution in [0.15, 0.2) is 205 Å². The second-order valence-corrected chi connectivity index (χ2v) is 15.7. The highest BCUT2D eigenvalue weighted by Gasteiger charge is 2.37. The highest BCUT2D eigenvalue weighted by Crippen LogP contribution is 2.53. The van der Waals surface area contributed by atoms with Gasteiger partial charge in [-0.1, -0.05) is 172 Å². The monoisotopic (exact) mass is 729 g/mol. The summed E-state index contributed by atoms with van der Waals surface area (Å²) in [6, 6.07) is 72.6. The molecule has 0 unspecified atom stereocenters. The normalized spacial score (nSPS) is 12.9. The van der Waals surface area contributed by atoms with Crippen LogP contribution in [0.25, 0.3) is 77.2 Å². The van der Waals surface area contributed by atoms with Gasteiger partial charge in [0.2, 0.25) is 0 Å². The van der Waals surface area contributed by atoms with Gasteiger partial charge in [0, 0.05) is 38.8 Å². The van der Waals surface area contributed by atoms with E-state index in [1.807, 2.05) is 12.1 Å². The topological polar surface area (TPSA) is 16.4 Å². The molecule has 0 amide bonds. The first-order valence-corrected chi connectivity index (χ1v) is 19.8. The zero-order chi connectivity index (χ0) is 38.1. The summed E-state index contributed by atoms with van der Waals surface area (Å²) in [5.74, 6) is 0. The van der Waals surface area contributed by atoms with Crippen LogP contribution in [-0.2, 0) is 5.41 Å². The lowest BCUT2D eigenvalue weighted by Crippen LogP contribution is -2.16. The van der Waals surface area contributed by atoms with Gasteiger partial charge < -0.3 is 9.32 Å². The quantitative estimate of drug-likeness (QED) is 0.169. The minimum atomic E-state index is -0.176. The lowest BCUT2D eigenvalue weighted by atomic mass is 9.81. The van der Waals surface area contributed by atoms with Crippen molar-refractivity contribution in [3.05, 3.63) is 211 Å². The van der Waals surface area contributed by atoms with E-state index in [1.165, 1.54) is 55.3 Å². The molecule has 270 valence electrons. The van der Waals surface area contributed by atoms with Gasteiger partial charge in [-0.15, -0.1) is 0 Å². The summed E-state index contributed by atoms with van der Waals surface area (Å²) in [6.07, 6.45) is 0. The second-order valence-electron chi connectivity index (χ2n) is 15.7. The maximum absolute atomic E-state index is 6.44. The van der Waals surface area contributed by atoms with Crippen molar-refractivity contribution in [2.24, 2.45) is 0 Å². The Bertz CT molecular complexity index is 3130. The van der Waals surface area contributed by atoms with Crippen molar-refractivity contribution in [3.63, 3.8) is 0 Å². The van der Waals surface area contributed by atoms with Crippen LogP contribution in [0.4, 0.5) is 17.1 Å². The van der Waals surface area contributed by atoms with Crippen LogP contribution in [0.5, 0.6) is 0 Å². The molecule has 1 aliphatic carbocycles. The lowest BCUT2D eigenvalue weighted by Gasteiger charge is -2.28. The summed E-state index contributed by atoms with van der Waals surface area (Å²) in [5.41, 5.74) is 17.5. The SMILES string of the molecule is CC1(C)c2cc(N(c3ccc(-c4cccc5ccccc45)cc3)c3ccc(-c4cccc5c4oc4ccccc45)cc3)ccc2-c2c(-c3ccccc3)cccc21. The standard InChI is InChI=1S/C55H39NO/c1-55(2)50-23-12-20-45(37-13-4-3-5-14-37)53(50)49-34-33-42(35-51(49)55)56(40-29-25-38(26-30-40)44-19-10-16-36-15-6-7-17-43(36)44)41-31-27-39(28-32-41)46-21-11-22-48-47-18-8-9-24-52(47)57-54(46)48/h3-35H,1-2H3. The van der Waals surface area contributed by atoms with Crippen LogP contribution in [0, 0.1) is 0 Å². The average molecular weight is 730 g/mol. The number of anilines is 3. The minimum absolute atomic E-state index is 0.176. The Morgan fingerprint density at radius 1 is 0.386 bits per heavy atom. The highest BCUT2D eigenvalue weighted by atomic mass is 16.3. The fourth-order valence-electron chi connectivity index (χ4n) is 9.25. The predicted molar refractivity (Wildman–Crippen MR) is 240 cm³/mol. The van der Waals surface area contributed by atoms with E-state index in [1.54, 1.807) is 0 Å². The second kappa shape index (κ2) is 13.0. The molecule has 0 radical (unpaired) electrons. The molecule has 0 bridgehead atoms. The molecule has 9 aromatic carbocycles. The number of para-hydroxylation sites is 2. The zero-order valence-corrected chi connectivity index (χ0v) is 31.9. The maximum Gasteiger partial charge on any atom is 0.143 e. The fraction of sp³-hybridized carbons (Fsp3) is 0.0545. The molecule has 0 aliphatic heterocycles. The van der Waals surface area contributed by atoms with Crippen LogP contribution in [-0.4, -0.2) is 0 Å². The maximum atomic E-state index is 6.44. The summed E-state index contributed by atoms with van der Waals surface area (Å²) in [4.78, 5) is 2.40. The van der Waals surface area contributed by atoms with Crippen molar-refractivity contribution in [1.29, 1.82) is 0 Å². The molecule has 0 saturated carbocycles. The Labute approximate surface area is 332 Å². The van der Waals surface area contributed by atoms with Gasteiger partial charge in [-0.25, -0.2) is 0 Å². The molecule has 0 atom stereocenters. The highest BCUT2D eigenvalue weighted by molar-refractivity contribution is 6.09. The Hall–Kier alpha value is -7.16. The van der Waals surface area contributed by atoms with Gasteiger partial charge in [-0.2, -0.15) is 0 Å². The number of hydrogen-bond donors (Lipinski definition) is 0. The number of fused-ring (bicyclic) bond motifs is 7. The molecule has 57 heavy (non-hydrogen) atoms.